The molecule has 5 heteroatoms. The second-order valence-electron chi connectivity index (χ2n) is 2.87. The van der Waals surface area contributed by atoms with Crippen LogP contribution in [0.4, 0.5) is 0 Å². The number of carboxylic acids is 1. The zero-order valence-corrected chi connectivity index (χ0v) is 6.69. The summed E-state index contributed by atoms with van der Waals surface area (Å²) in [5.74, 6) is -1.40. The number of hydrogen-bond acceptors (Lipinski definition) is 3. The molecule has 0 bridgehead atoms. The smallest absolute Gasteiger partial charge is 0.304 e. The van der Waals surface area contributed by atoms with Crippen molar-refractivity contribution in [2.45, 2.75) is 12.8 Å². The molecular formula is C7H12N2O3. The van der Waals surface area contributed by atoms with Crippen LogP contribution in [0.25, 0.3) is 0 Å². The van der Waals surface area contributed by atoms with E-state index in [2.05, 4.69) is 0 Å². The third-order valence-electron chi connectivity index (χ3n) is 2.05. The van der Waals surface area contributed by atoms with Crippen molar-refractivity contribution in [1.82, 2.24) is 4.90 Å². The van der Waals surface area contributed by atoms with Crippen LogP contribution in [-0.4, -0.2) is 35.1 Å². The molecule has 1 unspecified atom stereocenters. The van der Waals surface area contributed by atoms with Crippen molar-refractivity contribution < 1.29 is 14.7 Å². The monoisotopic (exact) mass is 172 g/mol. The summed E-state index contributed by atoms with van der Waals surface area (Å²) in [5.41, 5.74) is 5.27. The van der Waals surface area contributed by atoms with Crippen LogP contribution >= 0.6 is 0 Å². The van der Waals surface area contributed by atoms with Gasteiger partial charge in [0, 0.05) is 6.54 Å². The average molecular weight is 172 g/mol. The molecule has 1 atom stereocenters. The van der Waals surface area contributed by atoms with Crippen LogP contribution in [0.3, 0.4) is 0 Å². The summed E-state index contributed by atoms with van der Waals surface area (Å²) in [6, 6.07) is 0. The number of carboxylic acid groups (broad SMARTS) is 1. The number of likely N-dealkylation sites (tertiary alicyclic amines) is 1. The number of carbonyl (C=O) groups is 2. The fourth-order valence-electron chi connectivity index (χ4n) is 1.38. The van der Waals surface area contributed by atoms with E-state index in [-0.39, 0.29) is 24.9 Å². The minimum Gasteiger partial charge on any atom is -0.481 e. The lowest BCUT2D eigenvalue weighted by atomic mass is 10.0. The molecule has 3 N–H and O–H groups in total. The lowest BCUT2D eigenvalue weighted by Gasteiger charge is -2.12. The Morgan fingerprint density at radius 1 is 1.75 bits per heavy atom. The number of aliphatic carboxylic acids is 1. The standard InChI is InChI=1S/C7H12N2O3/c8-4-9-2-1-5(7(9)12)3-6(10)11/h5H,1-4,8H2,(H,10,11). The maximum absolute atomic E-state index is 11.3. The predicted octanol–water partition coefficient (Wildman–Crippen LogP) is -0.774. The highest BCUT2D eigenvalue weighted by Gasteiger charge is 2.31. The molecule has 0 aromatic heterocycles. The SMILES string of the molecule is NCN1CCC(CC(=O)O)C1=O. The van der Waals surface area contributed by atoms with Crippen LogP contribution in [0.2, 0.25) is 0 Å². The van der Waals surface area contributed by atoms with E-state index in [0.717, 1.165) is 0 Å². The Kier molecular flexibility index (Phi) is 2.65. The van der Waals surface area contributed by atoms with E-state index in [9.17, 15) is 9.59 Å². The van der Waals surface area contributed by atoms with Crippen molar-refractivity contribution >= 4 is 11.9 Å². The lowest BCUT2D eigenvalue weighted by Crippen LogP contribution is -2.33. The fraction of sp³-hybridized carbons (Fsp3) is 0.714. The van der Waals surface area contributed by atoms with Gasteiger partial charge in [-0.3, -0.25) is 9.59 Å². The third-order valence-corrected chi connectivity index (χ3v) is 2.05. The van der Waals surface area contributed by atoms with Crippen molar-refractivity contribution in [3.63, 3.8) is 0 Å². The van der Waals surface area contributed by atoms with Crippen LogP contribution in [0.5, 0.6) is 0 Å². The first-order chi connectivity index (χ1) is 5.65. The summed E-state index contributed by atoms with van der Waals surface area (Å²) in [6.07, 6.45) is 0.539. The Bertz CT molecular complexity index is 205. The lowest BCUT2D eigenvalue weighted by molar-refractivity contribution is -0.142. The van der Waals surface area contributed by atoms with E-state index in [1.165, 1.54) is 4.90 Å². The minimum absolute atomic E-state index is 0.0741. The van der Waals surface area contributed by atoms with Gasteiger partial charge in [0.15, 0.2) is 0 Å². The molecule has 12 heavy (non-hydrogen) atoms. The van der Waals surface area contributed by atoms with Gasteiger partial charge in [0.25, 0.3) is 0 Å². The van der Waals surface area contributed by atoms with Gasteiger partial charge in [-0.2, -0.15) is 0 Å². The van der Waals surface area contributed by atoms with Crippen molar-refractivity contribution in [1.29, 1.82) is 0 Å². The fourth-order valence-corrected chi connectivity index (χ4v) is 1.38. The van der Waals surface area contributed by atoms with Gasteiger partial charge in [0.2, 0.25) is 5.91 Å². The van der Waals surface area contributed by atoms with Crippen molar-refractivity contribution in [3.05, 3.63) is 0 Å². The Morgan fingerprint density at radius 3 is 2.83 bits per heavy atom. The Hall–Kier alpha value is -1.10. The van der Waals surface area contributed by atoms with Gasteiger partial charge in [0.1, 0.15) is 0 Å². The van der Waals surface area contributed by atoms with Crippen LogP contribution < -0.4 is 5.73 Å². The van der Waals surface area contributed by atoms with E-state index in [0.29, 0.717) is 13.0 Å². The maximum Gasteiger partial charge on any atom is 0.304 e. The summed E-state index contributed by atoms with van der Waals surface area (Å²) >= 11 is 0. The predicted molar refractivity (Wildman–Crippen MR) is 41.1 cm³/mol. The minimum atomic E-state index is -0.924. The molecule has 1 heterocycles. The van der Waals surface area contributed by atoms with Crippen LogP contribution in [0, 0.1) is 5.92 Å². The summed E-state index contributed by atoms with van der Waals surface area (Å²) in [7, 11) is 0. The van der Waals surface area contributed by atoms with Crippen molar-refractivity contribution in [3.8, 4) is 0 Å². The highest BCUT2D eigenvalue weighted by molar-refractivity contribution is 5.84. The molecule has 1 saturated heterocycles. The zero-order chi connectivity index (χ0) is 9.14. The van der Waals surface area contributed by atoms with Gasteiger partial charge < -0.3 is 15.7 Å². The molecule has 1 amide bonds. The Balaban J connectivity index is 2.49. The highest BCUT2D eigenvalue weighted by Crippen LogP contribution is 2.19. The first-order valence-electron chi connectivity index (χ1n) is 3.85. The maximum atomic E-state index is 11.3. The number of nitrogens with two attached hydrogens (primary N) is 1. The third kappa shape index (κ3) is 1.73. The molecule has 1 aliphatic heterocycles. The largest absolute Gasteiger partial charge is 0.481 e. The van der Waals surface area contributed by atoms with Gasteiger partial charge in [-0.05, 0) is 6.42 Å². The van der Waals surface area contributed by atoms with Gasteiger partial charge in [-0.15, -0.1) is 0 Å². The number of rotatable bonds is 3. The van der Waals surface area contributed by atoms with Crippen molar-refractivity contribution in [2.24, 2.45) is 11.7 Å². The molecular weight excluding hydrogens is 160 g/mol. The van der Waals surface area contributed by atoms with E-state index >= 15 is 0 Å². The average Bonchev–Trinajstić information content (AvgIpc) is 2.32. The molecule has 0 spiro atoms. The Morgan fingerprint density at radius 2 is 2.42 bits per heavy atom. The van der Waals surface area contributed by atoms with Gasteiger partial charge >= 0.3 is 5.97 Å². The second kappa shape index (κ2) is 3.53. The van der Waals surface area contributed by atoms with Gasteiger partial charge in [-0.1, -0.05) is 0 Å². The summed E-state index contributed by atoms with van der Waals surface area (Å²) in [5, 5.41) is 8.45. The second-order valence-corrected chi connectivity index (χ2v) is 2.87. The van der Waals surface area contributed by atoms with E-state index < -0.39 is 5.97 Å². The highest BCUT2D eigenvalue weighted by atomic mass is 16.4. The number of hydrogen-bond donors (Lipinski definition) is 2. The van der Waals surface area contributed by atoms with Crippen molar-refractivity contribution in [2.75, 3.05) is 13.2 Å². The summed E-state index contributed by atoms with van der Waals surface area (Å²) in [6.45, 7) is 0.780. The quantitative estimate of drug-likeness (QED) is 0.585. The molecule has 5 nitrogen and oxygen atoms in total. The normalized spacial score (nSPS) is 23.2. The molecule has 0 saturated carbocycles. The summed E-state index contributed by atoms with van der Waals surface area (Å²) in [4.78, 5) is 23.0. The number of amides is 1. The van der Waals surface area contributed by atoms with Crippen LogP contribution in [0.15, 0.2) is 0 Å². The van der Waals surface area contributed by atoms with Crippen LogP contribution in [0.1, 0.15) is 12.8 Å². The molecule has 1 rings (SSSR count). The molecule has 1 fully saturated rings. The van der Waals surface area contributed by atoms with E-state index in [4.69, 9.17) is 10.8 Å². The first kappa shape index (κ1) is 8.99. The molecule has 0 aromatic carbocycles. The zero-order valence-electron chi connectivity index (χ0n) is 6.69. The number of carbonyl (C=O) groups excluding carboxylic acids is 1. The van der Waals surface area contributed by atoms with E-state index in [1.54, 1.807) is 0 Å². The number of nitrogens with zero attached hydrogens (tertiary/aromatic N) is 1. The summed E-state index contributed by atoms with van der Waals surface area (Å²) < 4.78 is 0. The van der Waals surface area contributed by atoms with Gasteiger partial charge in [0.05, 0.1) is 19.0 Å². The Labute approximate surface area is 70.1 Å². The van der Waals surface area contributed by atoms with E-state index in [1.807, 2.05) is 0 Å². The molecule has 68 valence electrons. The molecule has 0 aromatic rings. The molecule has 1 aliphatic rings. The first-order valence-corrected chi connectivity index (χ1v) is 3.85. The molecule has 0 radical (unpaired) electrons. The topological polar surface area (TPSA) is 83.6 Å². The van der Waals surface area contributed by atoms with Crippen LogP contribution in [-0.2, 0) is 9.59 Å². The molecule has 0 aliphatic carbocycles. The van der Waals surface area contributed by atoms with Gasteiger partial charge in [-0.25, -0.2) is 0 Å².